The van der Waals surface area contributed by atoms with Crippen LogP contribution in [0.15, 0.2) is 0 Å². The molecule has 1 N–H and O–H groups in total. The summed E-state index contributed by atoms with van der Waals surface area (Å²) in [5.41, 5.74) is 0. The number of hydrogen-bond donors (Lipinski definition) is 1. The number of carbonyl (C=O) groups is 1. The van der Waals surface area contributed by atoms with Crippen molar-refractivity contribution in [3.05, 3.63) is 0 Å². The Hall–Kier alpha value is -0.0505. The molecule has 0 aromatic rings. The van der Waals surface area contributed by atoms with Gasteiger partial charge in [-0.25, -0.2) is 0 Å². The van der Waals surface area contributed by atoms with Crippen molar-refractivity contribution in [3.63, 3.8) is 0 Å². The molecule has 0 saturated carbocycles. The van der Waals surface area contributed by atoms with E-state index in [4.69, 9.17) is 4.74 Å². The van der Waals surface area contributed by atoms with Crippen LogP contribution in [0.4, 0.5) is 0 Å². The first-order valence-electron chi connectivity index (χ1n) is 11.2. The molecule has 26 heavy (non-hydrogen) atoms. The van der Waals surface area contributed by atoms with E-state index in [0.717, 1.165) is 23.5 Å². The third-order valence-corrected chi connectivity index (χ3v) is 7.66. The molecule has 2 atom stereocenters. The van der Waals surface area contributed by atoms with E-state index in [1.165, 1.54) is 83.5 Å². The maximum atomic E-state index is 11.8. The average Bonchev–Trinajstić information content (AvgIpc) is 3.03. The van der Waals surface area contributed by atoms with Crippen LogP contribution in [0.1, 0.15) is 110 Å². The minimum absolute atomic E-state index is 0.110. The second-order valence-corrected chi connectivity index (χ2v) is 10.1. The van der Waals surface area contributed by atoms with Gasteiger partial charge < -0.3 is 0 Å². The fourth-order valence-corrected chi connectivity index (χ4v) is 5.84. The SMILES string of the molecule is CCCCCCCCCCCCCCCCCC(=O)O[C@H]1C[Se]C[C@@H]1O. The second kappa shape index (κ2) is 17.1. The van der Waals surface area contributed by atoms with Gasteiger partial charge in [0.25, 0.3) is 0 Å². The fourth-order valence-electron chi connectivity index (χ4n) is 3.50. The summed E-state index contributed by atoms with van der Waals surface area (Å²) in [5.74, 6) is -0.110. The first-order chi connectivity index (χ1) is 12.7. The molecule has 0 bridgehead atoms. The molecule has 1 saturated heterocycles. The topological polar surface area (TPSA) is 46.5 Å². The average molecular weight is 434 g/mol. The number of hydrogen-bond acceptors (Lipinski definition) is 3. The van der Waals surface area contributed by atoms with Gasteiger partial charge >= 0.3 is 110 Å². The van der Waals surface area contributed by atoms with E-state index in [1.807, 2.05) is 0 Å². The molecular weight excluding hydrogens is 391 g/mol. The van der Waals surface area contributed by atoms with Gasteiger partial charge in [0.05, 0.1) is 0 Å². The van der Waals surface area contributed by atoms with E-state index in [9.17, 15) is 9.90 Å². The zero-order chi connectivity index (χ0) is 18.9. The summed E-state index contributed by atoms with van der Waals surface area (Å²) < 4.78 is 5.37. The van der Waals surface area contributed by atoms with Crippen molar-refractivity contribution >= 4 is 20.9 Å². The predicted molar refractivity (Wildman–Crippen MR) is 111 cm³/mol. The van der Waals surface area contributed by atoms with E-state index in [2.05, 4.69) is 6.92 Å². The molecule has 1 aliphatic heterocycles. The van der Waals surface area contributed by atoms with Crippen LogP contribution in [0.3, 0.4) is 0 Å². The summed E-state index contributed by atoms with van der Waals surface area (Å²) in [6, 6.07) is 0. The Morgan fingerprint density at radius 1 is 0.808 bits per heavy atom. The van der Waals surface area contributed by atoms with Gasteiger partial charge in [-0.2, -0.15) is 0 Å². The molecule has 0 spiro atoms. The van der Waals surface area contributed by atoms with Crippen molar-refractivity contribution in [2.75, 3.05) is 0 Å². The van der Waals surface area contributed by atoms with E-state index >= 15 is 0 Å². The quantitative estimate of drug-likeness (QED) is 0.172. The van der Waals surface area contributed by atoms with Crippen molar-refractivity contribution < 1.29 is 14.6 Å². The summed E-state index contributed by atoms with van der Waals surface area (Å²) in [4.78, 5) is 11.8. The van der Waals surface area contributed by atoms with Gasteiger partial charge in [0.1, 0.15) is 0 Å². The normalized spacial score (nSPS) is 19.8. The van der Waals surface area contributed by atoms with Gasteiger partial charge in [0, 0.05) is 0 Å². The first kappa shape index (κ1) is 24.0. The number of carbonyl (C=O) groups excluding carboxylic acids is 1. The molecule has 1 aliphatic rings. The molecule has 0 radical (unpaired) electrons. The number of aliphatic hydroxyl groups is 1. The van der Waals surface area contributed by atoms with Crippen molar-refractivity contribution in [3.8, 4) is 0 Å². The summed E-state index contributed by atoms with van der Waals surface area (Å²) in [5, 5.41) is 11.4. The Labute approximate surface area is 168 Å². The Morgan fingerprint density at radius 3 is 1.69 bits per heavy atom. The minimum atomic E-state index is -0.403. The van der Waals surface area contributed by atoms with Crippen LogP contribution in [0.25, 0.3) is 0 Å². The maximum absolute atomic E-state index is 11.8. The summed E-state index contributed by atoms with van der Waals surface area (Å²) >= 11 is 0.457. The third-order valence-electron chi connectivity index (χ3n) is 5.27. The standard InChI is InChI=1S/C22H42O3Se/c1-2-3-4-5-6-7-8-9-10-11-12-13-14-15-16-17-22(24)25-21-19-26-18-20(21)23/h20-21,23H,2-19H2,1H3/t20-,21-/m0/s1. The summed E-state index contributed by atoms with van der Waals surface area (Å²) in [7, 11) is 0. The number of aliphatic hydroxyl groups excluding tert-OH is 1. The molecule has 4 heteroatoms. The van der Waals surface area contributed by atoms with Gasteiger partial charge in [0.2, 0.25) is 0 Å². The van der Waals surface area contributed by atoms with Crippen LogP contribution in [-0.4, -0.2) is 38.2 Å². The van der Waals surface area contributed by atoms with E-state index in [1.54, 1.807) is 0 Å². The fraction of sp³-hybridized carbons (Fsp3) is 0.955. The van der Waals surface area contributed by atoms with Gasteiger partial charge in [-0.15, -0.1) is 0 Å². The zero-order valence-electron chi connectivity index (χ0n) is 17.1. The van der Waals surface area contributed by atoms with Crippen LogP contribution < -0.4 is 0 Å². The van der Waals surface area contributed by atoms with Crippen LogP contribution in [0.5, 0.6) is 0 Å². The number of ether oxygens (including phenoxy) is 1. The van der Waals surface area contributed by atoms with Gasteiger partial charge in [-0.05, 0) is 0 Å². The molecule has 154 valence electrons. The van der Waals surface area contributed by atoms with Crippen molar-refractivity contribution in [1.29, 1.82) is 0 Å². The number of unbranched alkanes of at least 4 members (excludes halogenated alkanes) is 14. The Morgan fingerprint density at radius 2 is 1.27 bits per heavy atom. The van der Waals surface area contributed by atoms with Crippen LogP contribution >= 0.6 is 0 Å². The van der Waals surface area contributed by atoms with Crippen molar-refractivity contribution in [2.45, 2.75) is 133 Å². The van der Waals surface area contributed by atoms with Gasteiger partial charge in [-0.3, -0.25) is 0 Å². The zero-order valence-corrected chi connectivity index (χ0v) is 18.8. The Balaban J connectivity index is 1.75. The van der Waals surface area contributed by atoms with Gasteiger partial charge in [-0.1, -0.05) is 58.3 Å². The summed E-state index contributed by atoms with van der Waals surface area (Å²) in [6.45, 7) is 2.28. The number of esters is 1. The molecule has 0 aliphatic carbocycles. The molecule has 0 amide bonds. The Bertz CT molecular complexity index is 335. The van der Waals surface area contributed by atoms with Crippen LogP contribution in [-0.2, 0) is 9.53 Å². The monoisotopic (exact) mass is 434 g/mol. The Kier molecular flexibility index (Phi) is 15.8. The first-order valence-corrected chi connectivity index (χ1v) is 13.6. The van der Waals surface area contributed by atoms with Gasteiger partial charge in [0.15, 0.2) is 0 Å². The molecule has 0 aromatic carbocycles. The molecular formula is C22H42O3Se. The second-order valence-electron chi connectivity index (χ2n) is 7.83. The predicted octanol–water partition coefficient (Wildman–Crippen LogP) is 6.08. The molecule has 1 fully saturated rings. The van der Waals surface area contributed by atoms with Crippen LogP contribution in [0, 0.1) is 0 Å². The van der Waals surface area contributed by atoms with E-state index in [0.29, 0.717) is 21.4 Å². The third kappa shape index (κ3) is 13.2. The molecule has 0 unspecified atom stereocenters. The van der Waals surface area contributed by atoms with Crippen molar-refractivity contribution in [1.82, 2.24) is 0 Å². The van der Waals surface area contributed by atoms with Crippen LogP contribution in [0.2, 0.25) is 10.6 Å². The number of rotatable bonds is 17. The molecule has 3 nitrogen and oxygen atoms in total. The molecule has 1 rings (SSSR count). The summed E-state index contributed by atoms with van der Waals surface area (Å²) in [6.07, 6.45) is 19.9. The van der Waals surface area contributed by atoms with Crippen molar-refractivity contribution in [2.24, 2.45) is 0 Å². The molecule has 1 heterocycles. The van der Waals surface area contributed by atoms with E-state index < -0.39 is 6.10 Å². The molecule has 0 aromatic heterocycles. The van der Waals surface area contributed by atoms with E-state index in [-0.39, 0.29) is 12.1 Å².